The minimum absolute atomic E-state index is 0.0386. The lowest BCUT2D eigenvalue weighted by molar-refractivity contribution is -0.123. The van der Waals surface area contributed by atoms with Crippen molar-refractivity contribution in [3.05, 3.63) is 83.8 Å². The van der Waals surface area contributed by atoms with Crippen molar-refractivity contribution in [2.24, 2.45) is 0 Å². The van der Waals surface area contributed by atoms with E-state index in [-0.39, 0.29) is 17.0 Å². The minimum atomic E-state index is -3.81. The van der Waals surface area contributed by atoms with E-state index in [1.807, 2.05) is 17.4 Å². The van der Waals surface area contributed by atoms with Crippen molar-refractivity contribution in [2.45, 2.75) is 24.3 Å². The van der Waals surface area contributed by atoms with E-state index in [1.54, 1.807) is 24.3 Å². The Bertz CT molecular complexity index is 1320. The first-order valence-corrected chi connectivity index (χ1v) is 12.3. The van der Waals surface area contributed by atoms with E-state index in [1.165, 1.54) is 34.8 Å². The number of carbonyl (C=O) groups is 3. The zero-order valence-corrected chi connectivity index (χ0v) is 19.4. The van der Waals surface area contributed by atoms with Crippen LogP contribution in [0.4, 0.5) is 10.5 Å². The Balaban J connectivity index is 1.32. The van der Waals surface area contributed by atoms with E-state index in [2.05, 4.69) is 5.32 Å². The lowest BCUT2D eigenvalue weighted by Gasteiger charge is -2.30. The van der Waals surface area contributed by atoms with Gasteiger partial charge >= 0.3 is 12.0 Å². The van der Waals surface area contributed by atoms with Gasteiger partial charge in [-0.1, -0.05) is 18.2 Å². The van der Waals surface area contributed by atoms with E-state index < -0.39 is 34.5 Å². The largest absolute Gasteiger partial charge is 0.467 e. The van der Waals surface area contributed by atoms with Gasteiger partial charge in [0.2, 0.25) is 0 Å². The number of furan rings is 1. The highest BCUT2D eigenvalue weighted by atomic mass is 32.2. The second kappa shape index (κ2) is 10.4. The Kier molecular flexibility index (Phi) is 7.16. The first kappa shape index (κ1) is 24.0. The number of benzene rings is 2. The molecule has 0 aliphatic carbocycles. The van der Waals surface area contributed by atoms with Gasteiger partial charge in [0.1, 0.15) is 5.76 Å². The quantitative estimate of drug-likeness (QED) is 0.479. The number of sulfonamides is 1. The van der Waals surface area contributed by atoms with E-state index in [0.29, 0.717) is 24.4 Å². The number of hydrogen-bond acceptors (Lipinski definition) is 7. The molecule has 0 radical (unpaired) electrons. The number of aryl methyl sites for hydroxylation is 1. The molecule has 0 spiro atoms. The van der Waals surface area contributed by atoms with E-state index in [4.69, 9.17) is 9.15 Å². The van der Waals surface area contributed by atoms with Crippen molar-refractivity contribution < 1.29 is 32.0 Å². The number of imide groups is 1. The first-order chi connectivity index (χ1) is 16.8. The highest BCUT2D eigenvalue weighted by molar-refractivity contribution is 7.92. The molecule has 3 aromatic rings. The molecule has 2 N–H and O–H groups in total. The minimum Gasteiger partial charge on any atom is -0.467 e. The molecule has 0 bridgehead atoms. The molecule has 0 saturated heterocycles. The Hall–Kier alpha value is -4.12. The van der Waals surface area contributed by atoms with Crippen molar-refractivity contribution in [2.75, 3.05) is 17.5 Å². The Labute approximate surface area is 201 Å². The molecule has 0 unspecified atom stereocenters. The number of rotatable bonds is 7. The van der Waals surface area contributed by atoms with Crippen LogP contribution in [-0.2, 0) is 32.5 Å². The molecule has 1 aromatic heterocycles. The van der Waals surface area contributed by atoms with Crippen LogP contribution in [0.5, 0.6) is 0 Å². The highest BCUT2D eigenvalue weighted by Crippen LogP contribution is 2.31. The van der Waals surface area contributed by atoms with Gasteiger partial charge in [0, 0.05) is 6.54 Å². The van der Waals surface area contributed by atoms with Crippen LogP contribution in [0.15, 0.2) is 76.2 Å². The van der Waals surface area contributed by atoms with Gasteiger partial charge in [-0.25, -0.2) is 18.0 Å². The summed E-state index contributed by atoms with van der Waals surface area (Å²) in [6.07, 6.45) is 2.98. The number of carbonyl (C=O) groups excluding carboxylic acids is 3. The summed E-state index contributed by atoms with van der Waals surface area (Å²) in [6.45, 7) is -0.227. The predicted octanol–water partition coefficient (Wildman–Crippen LogP) is 2.60. The van der Waals surface area contributed by atoms with Gasteiger partial charge < -0.3 is 14.5 Å². The second-order valence-corrected chi connectivity index (χ2v) is 9.58. The number of nitrogens with zero attached hydrogens (tertiary/aromatic N) is 1. The van der Waals surface area contributed by atoms with Crippen molar-refractivity contribution in [1.82, 2.24) is 10.6 Å². The summed E-state index contributed by atoms with van der Waals surface area (Å²) >= 11 is 0. The van der Waals surface area contributed by atoms with Gasteiger partial charge in [-0.15, -0.1) is 0 Å². The molecule has 2 heterocycles. The van der Waals surface area contributed by atoms with E-state index >= 15 is 0 Å². The zero-order valence-electron chi connectivity index (χ0n) is 18.6. The Morgan fingerprint density at radius 1 is 1.00 bits per heavy atom. The number of urea groups is 1. The number of hydrogen-bond donors (Lipinski definition) is 2. The lowest BCUT2D eigenvalue weighted by Crippen LogP contribution is -2.41. The smallest absolute Gasteiger partial charge is 0.338 e. The molecule has 35 heavy (non-hydrogen) atoms. The monoisotopic (exact) mass is 497 g/mol. The van der Waals surface area contributed by atoms with Crippen LogP contribution in [0.1, 0.15) is 28.1 Å². The van der Waals surface area contributed by atoms with Crippen molar-refractivity contribution in [3.63, 3.8) is 0 Å². The third-order valence-electron chi connectivity index (χ3n) is 5.34. The fraction of sp³-hybridized carbons (Fsp3) is 0.208. The molecule has 182 valence electrons. The van der Waals surface area contributed by atoms with Crippen molar-refractivity contribution >= 4 is 33.6 Å². The zero-order chi connectivity index (χ0) is 24.8. The highest BCUT2D eigenvalue weighted by Gasteiger charge is 2.29. The predicted molar refractivity (Wildman–Crippen MR) is 125 cm³/mol. The van der Waals surface area contributed by atoms with E-state index in [9.17, 15) is 22.8 Å². The second-order valence-electron chi connectivity index (χ2n) is 7.72. The number of fused-ring (bicyclic) bond motifs is 1. The number of anilines is 1. The number of nitrogens with one attached hydrogen (secondary N) is 2. The first-order valence-electron chi connectivity index (χ1n) is 10.8. The maximum absolute atomic E-state index is 13.2. The van der Waals surface area contributed by atoms with Gasteiger partial charge in [-0.3, -0.25) is 14.4 Å². The van der Waals surface area contributed by atoms with Gasteiger partial charge in [0.05, 0.1) is 29.0 Å². The summed E-state index contributed by atoms with van der Waals surface area (Å²) in [5, 5.41) is 4.45. The molecule has 3 amide bonds. The maximum Gasteiger partial charge on any atom is 0.338 e. The number of amides is 3. The molecule has 1 aliphatic heterocycles. The SMILES string of the molecule is O=C(COC(=O)c1ccc(S(=O)(=O)N2CCCc3ccccc32)cc1)NC(=O)NCc1ccco1. The van der Waals surface area contributed by atoms with Gasteiger partial charge in [0.25, 0.3) is 15.9 Å². The summed E-state index contributed by atoms with van der Waals surface area (Å²) < 4.78 is 37.7. The number of esters is 1. The number of ether oxygens (including phenoxy) is 1. The van der Waals surface area contributed by atoms with Crippen molar-refractivity contribution in [1.29, 1.82) is 0 Å². The summed E-state index contributed by atoms with van der Waals surface area (Å²) in [7, 11) is -3.81. The summed E-state index contributed by atoms with van der Waals surface area (Å²) in [5.74, 6) is -1.14. The molecule has 0 fully saturated rings. The fourth-order valence-corrected chi connectivity index (χ4v) is 5.18. The Morgan fingerprint density at radius 2 is 1.77 bits per heavy atom. The molecule has 0 saturated carbocycles. The van der Waals surface area contributed by atoms with Crippen LogP contribution < -0.4 is 14.9 Å². The third kappa shape index (κ3) is 5.69. The topological polar surface area (TPSA) is 135 Å². The van der Waals surface area contributed by atoms with Crippen LogP contribution in [0.3, 0.4) is 0 Å². The number of para-hydroxylation sites is 1. The van der Waals surface area contributed by atoms with Crippen molar-refractivity contribution in [3.8, 4) is 0 Å². The molecule has 2 aromatic carbocycles. The van der Waals surface area contributed by atoms with Crippen LogP contribution in [0.2, 0.25) is 0 Å². The summed E-state index contributed by atoms with van der Waals surface area (Å²) in [5.41, 5.74) is 1.69. The molecule has 4 rings (SSSR count). The third-order valence-corrected chi connectivity index (χ3v) is 7.16. The summed E-state index contributed by atoms with van der Waals surface area (Å²) in [4.78, 5) is 35.9. The van der Waals surface area contributed by atoms with Crippen LogP contribution in [0.25, 0.3) is 0 Å². The molecular weight excluding hydrogens is 474 g/mol. The molecule has 0 atom stereocenters. The fourth-order valence-electron chi connectivity index (χ4n) is 3.64. The van der Waals surface area contributed by atoms with Crippen LogP contribution in [0, 0.1) is 0 Å². The average molecular weight is 498 g/mol. The molecule has 1 aliphatic rings. The summed E-state index contributed by atoms with van der Waals surface area (Å²) in [6, 6.07) is 15.2. The normalized spacial score (nSPS) is 13.0. The van der Waals surface area contributed by atoms with Gasteiger partial charge in [0.15, 0.2) is 6.61 Å². The molecular formula is C24H23N3O7S. The van der Waals surface area contributed by atoms with Gasteiger partial charge in [-0.05, 0) is 60.9 Å². The standard InChI is InChI=1S/C24H23N3O7S/c28-22(26-24(30)25-15-19-7-4-14-33-19)16-34-23(29)18-9-11-20(12-10-18)35(31,32)27-13-3-6-17-5-1-2-8-21(17)27/h1-2,4-5,7-12,14H,3,6,13,15-16H2,(H2,25,26,28,30). The molecule has 10 nitrogen and oxygen atoms in total. The van der Waals surface area contributed by atoms with Crippen LogP contribution in [-0.4, -0.2) is 39.5 Å². The van der Waals surface area contributed by atoms with Crippen LogP contribution >= 0.6 is 0 Å². The average Bonchev–Trinajstić information content (AvgIpc) is 3.39. The van der Waals surface area contributed by atoms with Gasteiger partial charge in [-0.2, -0.15) is 0 Å². The lowest BCUT2D eigenvalue weighted by atomic mass is 10.0. The molecule has 11 heteroatoms. The Morgan fingerprint density at radius 3 is 2.51 bits per heavy atom. The van der Waals surface area contributed by atoms with E-state index in [0.717, 1.165) is 12.0 Å². The maximum atomic E-state index is 13.2.